The quantitative estimate of drug-likeness (QED) is 0.159. The molecule has 1 aromatic heterocycles. The summed E-state index contributed by atoms with van der Waals surface area (Å²) in [6.45, 7) is 4.88. The van der Waals surface area contributed by atoms with E-state index in [-0.39, 0.29) is 5.41 Å². The number of rotatable bonds is 3. The molecule has 2 atom stereocenters. The highest BCUT2D eigenvalue weighted by Crippen LogP contribution is 2.57. The second kappa shape index (κ2) is 12.0. The number of hydrogen-bond donors (Lipinski definition) is 0. The first-order valence-corrected chi connectivity index (χ1v) is 20.9. The van der Waals surface area contributed by atoms with Crippen LogP contribution in [0.4, 0.5) is 0 Å². The molecule has 8 aromatic carbocycles. The fourth-order valence-electron chi connectivity index (χ4n) is 10.7. The Morgan fingerprint density at radius 3 is 1.89 bits per heavy atom. The fourth-order valence-corrected chi connectivity index (χ4v) is 11.8. The molecular weight excluding hydrogens is 693 g/mol. The maximum Gasteiger partial charge on any atom is 0.0361 e. The first-order chi connectivity index (χ1) is 27.5. The van der Waals surface area contributed by atoms with Crippen molar-refractivity contribution >= 4 is 85.7 Å². The molecule has 1 heteroatoms. The number of benzene rings is 8. The van der Waals surface area contributed by atoms with Gasteiger partial charge in [0.05, 0.1) is 0 Å². The van der Waals surface area contributed by atoms with Gasteiger partial charge in [0.15, 0.2) is 0 Å². The van der Waals surface area contributed by atoms with Gasteiger partial charge in [-0.1, -0.05) is 165 Å². The molecule has 1 heterocycles. The van der Waals surface area contributed by atoms with Crippen molar-refractivity contribution in [2.45, 2.75) is 43.9 Å². The van der Waals surface area contributed by atoms with E-state index in [0.29, 0.717) is 11.8 Å². The normalized spacial score (nSPS) is 18.8. The number of fused-ring (bicyclic) bond motifs is 10. The van der Waals surface area contributed by atoms with Gasteiger partial charge in [0.25, 0.3) is 0 Å². The van der Waals surface area contributed by atoms with E-state index < -0.39 is 0 Å². The van der Waals surface area contributed by atoms with Crippen LogP contribution in [0.2, 0.25) is 0 Å². The summed E-state index contributed by atoms with van der Waals surface area (Å²) in [6.07, 6.45) is 14.0. The zero-order valence-electron chi connectivity index (χ0n) is 31.6. The second-order valence-electron chi connectivity index (χ2n) is 16.8. The van der Waals surface area contributed by atoms with Crippen molar-refractivity contribution in [3.8, 4) is 0 Å². The van der Waals surface area contributed by atoms with E-state index in [1.165, 1.54) is 102 Å². The Labute approximate surface area is 331 Å². The minimum absolute atomic E-state index is 0.0259. The SMILES string of the molecule is CC1(C)C2=CC=C(c3c4ccccc4c(C4=CC=CC(c5ccc6ccccc6c5)C4)c4ccccc34)CC2c2cc3cc4c(cc3cc21)sc1ccccc14. The molecule has 0 radical (unpaired) electrons. The van der Waals surface area contributed by atoms with Crippen LogP contribution in [0.5, 0.6) is 0 Å². The monoisotopic (exact) mass is 732 g/mol. The molecule has 2 unspecified atom stereocenters. The molecule has 9 aromatic rings. The third-order valence-corrected chi connectivity index (χ3v) is 14.5. The summed E-state index contributed by atoms with van der Waals surface area (Å²) in [6, 6.07) is 52.9. The zero-order valence-corrected chi connectivity index (χ0v) is 32.5. The van der Waals surface area contributed by atoms with Crippen molar-refractivity contribution in [3.63, 3.8) is 0 Å². The molecule has 56 heavy (non-hydrogen) atoms. The van der Waals surface area contributed by atoms with E-state index in [4.69, 9.17) is 0 Å². The molecule has 0 nitrogen and oxygen atoms in total. The lowest BCUT2D eigenvalue weighted by atomic mass is 9.75. The molecule has 0 aliphatic heterocycles. The minimum Gasteiger partial charge on any atom is -0.135 e. The first-order valence-electron chi connectivity index (χ1n) is 20.1. The van der Waals surface area contributed by atoms with Crippen LogP contribution < -0.4 is 0 Å². The molecule has 0 bridgehead atoms. The molecule has 0 spiro atoms. The largest absolute Gasteiger partial charge is 0.135 e. The van der Waals surface area contributed by atoms with Crippen molar-refractivity contribution < 1.29 is 0 Å². The summed E-state index contributed by atoms with van der Waals surface area (Å²) in [7, 11) is 0. The van der Waals surface area contributed by atoms with Gasteiger partial charge in [0.1, 0.15) is 0 Å². The van der Waals surface area contributed by atoms with Crippen LogP contribution in [0.1, 0.15) is 66.3 Å². The Morgan fingerprint density at radius 2 is 1.14 bits per heavy atom. The van der Waals surface area contributed by atoms with Gasteiger partial charge in [-0.3, -0.25) is 0 Å². The van der Waals surface area contributed by atoms with Gasteiger partial charge in [0, 0.05) is 37.4 Å². The van der Waals surface area contributed by atoms with Crippen molar-refractivity contribution in [2.24, 2.45) is 0 Å². The van der Waals surface area contributed by atoms with Crippen LogP contribution >= 0.6 is 11.3 Å². The van der Waals surface area contributed by atoms with Crippen molar-refractivity contribution in [1.29, 1.82) is 0 Å². The maximum absolute atomic E-state index is 2.54. The molecule has 0 saturated heterocycles. The molecule has 3 aliphatic rings. The molecule has 0 fully saturated rings. The maximum atomic E-state index is 2.54. The highest BCUT2D eigenvalue weighted by Gasteiger charge is 2.43. The lowest BCUT2D eigenvalue weighted by molar-refractivity contribution is 0.615. The zero-order chi connectivity index (χ0) is 37.1. The Bertz CT molecular complexity index is 3230. The van der Waals surface area contributed by atoms with Crippen LogP contribution in [0.3, 0.4) is 0 Å². The van der Waals surface area contributed by atoms with Crippen molar-refractivity contribution in [1.82, 2.24) is 0 Å². The smallest absolute Gasteiger partial charge is 0.0361 e. The van der Waals surface area contributed by atoms with Gasteiger partial charge >= 0.3 is 0 Å². The number of allylic oxidation sites excluding steroid dienone is 8. The summed E-state index contributed by atoms with van der Waals surface area (Å²) in [5.41, 5.74) is 11.5. The van der Waals surface area contributed by atoms with E-state index in [2.05, 4.69) is 184 Å². The van der Waals surface area contributed by atoms with E-state index >= 15 is 0 Å². The topological polar surface area (TPSA) is 0 Å². The summed E-state index contributed by atoms with van der Waals surface area (Å²) < 4.78 is 2.74. The standard InChI is InChI=1S/C55H40S/c1-55(2)49-25-24-38(28-46(49)47-29-39-30-48-41-16-9-10-21-51(41)56-52(48)32-40(39)31-50(47)55)54-44-19-7-5-17-42(44)53(43-18-6-8-20-45(43)54)37-15-11-14-35(27-37)36-23-22-33-12-3-4-13-34(33)26-36/h3-26,29-32,35,46H,27-28H2,1-2H3. The van der Waals surface area contributed by atoms with Crippen LogP contribution in [-0.2, 0) is 5.41 Å². The summed E-state index contributed by atoms with van der Waals surface area (Å²) in [4.78, 5) is 0. The lowest BCUT2D eigenvalue weighted by Gasteiger charge is -2.29. The first kappa shape index (κ1) is 32.2. The Morgan fingerprint density at radius 1 is 0.500 bits per heavy atom. The van der Waals surface area contributed by atoms with E-state index in [1.807, 2.05) is 11.3 Å². The van der Waals surface area contributed by atoms with Crippen molar-refractivity contribution in [3.05, 3.63) is 203 Å². The van der Waals surface area contributed by atoms with E-state index in [1.54, 1.807) is 5.57 Å². The van der Waals surface area contributed by atoms with Crippen LogP contribution in [-0.4, -0.2) is 0 Å². The molecule has 12 rings (SSSR count). The molecule has 0 amide bonds. The Kier molecular flexibility index (Phi) is 6.90. The average Bonchev–Trinajstić information content (AvgIpc) is 3.70. The predicted octanol–water partition coefficient (Wildman–Crippen LogP) is 15.6. The fraction of sp³-hybridized carbons (Fsp3) is 0.127. The predicted molar refractivity (Wildman–Crippen MR) is 243 cm³/mol. The van der Waals surface area contributed by atoms with Crippen LogP contribution in [0.25, 0.3) is 74.4 Å². The molecule has 0 N–H and O–H groups in total. The molecule has 3 aliphatic carbocycles. The highest BCUT2D eigenvalue weighted by molar-refractivity contribution is 7.25. The highest BCUT2D eigenvalue weighted by atomic mass is 32.1. The third kappa shape index (κ3) is 4.71. The lowest BCUT2D eigenvalue weighted by Crippen LogP contribution is -2.17. The summed E-state index contributed by atoms with van der Waals surface area (Å²) in [5.74, 6) is 0.684. The van der Waals surface area contributed by atoms with Crippen LogP contribution in [0, 0.1) is 0 Å². The van der Waals surface area contributed by atoms with Gasteiger partial charge < -0.3 is 0 Å². The Hall–Kier alpha value is -6.02. The van der Waals surface area contributed by atoms with Gasteiger partial charge in [-0.05, 0) is 119 Å². The second-order valence-corrected chi connectivity index (χ2v) is 17.8. The van der Waals surface area contributed by atoms with Gasteiger partial charge in [-0.25, -0.2) is 0 Å². The number of thiophene rings is 1. The van der Waals surface area contributed by atoms with Gasteiger partial charge in [-0.2, -0.15) is 0 Å². The average molecular weight is 733 g/mol. The van der Waals surface area contributed by atoms with Crippen LogP contribution in [0.15, 0.2) is 175 Å². The van der Waals surface area contributed by atoms with Gasteiger partial charge in [0.2, 0.25) is 0 Å². The van der Waals surface area contributed by atoms with E-state index in [0.717, 1.165) is 12.8 Å². The summed E-state index contributed by atoms with van der Waals surface area (Å²) >= 11 is 1.91. The summed E-state index contributed by atoms with van der Waals surface area (Å²) in [5, 5.41) is 13.4. The minimum atomic E-state index is -0.0259. The molecule has 0 saturated carbocycles. The van der Waals surface area contributed by atoms with Gasteiger partial charge in [-0.15, -0.1) is 11.3 Å². The van der Waals surface area contributed by atoms with Crippen molar-refractivity contribution in [2.75, 3.05) is 0 Å². The van der Waals surface area contributed by atoms with E-state index in [9.17, 15) is 0 Å². The Balaban J connectivity index is 0.979. The molecule has 266 valence electrons. The molecular formula is C55H40S. The number of hydrogen-bond acceptors (Lipinski definition) is 1. The third-order valence-electron chi connectivity index (χ3n) is 13.4.